The predicted molar refractivity (Wildman–Crippen MR) is 104 cm³/mol. The van der Waals surface area contributed by atoms with Gasteiger partial charge in [0, 0.05) is 5.71 Å². The van der Waals surface area contributed by atoms with Gasteiger partial charge in [0.15, 0.2) is 6.61 Å². The largest absolute Gasteiger partial charge is 0.483 e. The van der Waals surface area contributed by atoms with E-state index in [1.165, 1.54) is 0 Å². The molecule has 1 atom stereocenters. The quantitative estimate of drug-likeness (QED) is 0.421. The molecule has 7 heteroatoms. The molecule has 0 aromatic heterocycles. The Morgan fingerprint density at radius 3 is 2.69 bits per heavy atom. The molecule has 0 unspecified atom stereocenters. The van der Waals surface area contributed by atoms with Gasteiger partial charge in [-0.25, -0.2) is 5.43 Å². The zero-order valence-corrected chi connectivity index (χ0v) is 16.5. The third-order valence-electron chi connectivity index (χ3n) is 3.81. The van der Waals surface area contributed by atoms with Crippen molar-refractivity contribution in [2.45, 2.75) is 20.8 Å². The molecule has 2 aromatic rings. The standard InChI is InChI=1S/C19H21BrN2O4/c1-4-25-19(24)12(2)13(3)21-22-17(23)11-26-16-10-9-14-7-5-6-8-15(14)18(16)20/h5-10,12H,4,11H2,1-3H3,(H,22,23)/b21-13-/t12-/m1/s1. The fourth-order valence-corrected chi connectivity index (χ4v) is 2.79. The molecule has 0 radical (unpaired) electrons. The molecule has 0 saturated carbocycles. The van der Waals surface area contributed by atoms with Crippen LogP contribution in [-0.2, 0) is 14.3 Å². The fourth-order valence-electron chi connectivity index (χ4n) is 2.19. The van der Waals surface area contributed by atoms with Crippen LogP contribution in [0, 0.1) is 5.92 Å². The van der Waals surface area contributed by atoms with Crippen molar-refractivity contribution in [3.05, 3.63) is 40.9 Å². The van der Waals surface area contributed by atoms with E-state index in [0.29, 0.717) is 18.1 Å². The van der Waals surface area contributed by atoms with E-state index >= 15 is 0 Å². The molecule has 2 rings (SSSR count). The lowest BCUT2D eigenvalue weighted by Gasteiger charge is -2.11. The van der Waals surface area contributed by atoms with Gasteiger partial charge in [-0.05, 0) is 53.5 Å². The lowest BCUT2D eigenvalue weighted by atomic mass is 10.1. The van der Waals surface area contributed by atoms with Crippen LogP contribution >= 0.6 is 15.9 Å². The maximum absolute atomic E-state index is 11.9. The van der Waals surface area contributed by atoms with E-state index in [-0.39, 0.29) is 12.6 Å². The number of fused-ring (bicyclic) bond motifs is 1. The summed E-state index contributed by atoms with van der Waals surface area (Å²) in [5.74, 6) is -0.745. The summed E-state index contributed by atoms with van der Waals surface area (Å²) in [6.45, 7) is 5.17. The van der Waals surface area contributed by atoms with E-state index in [2.05, 4.69) is 26.5 Å². The Balaban J connectivity index is 1.94. The number of ether oxygens (including phenoxy) is 2. The Hall–Kier alpha value is -2.41. The number of hydrazone groups is 1. The smallest absolute Gasteiger partial charge is 0.314 e. The number of esters is 1. The van der Waals surface area contributed by atoms with Gasteiger partial charge in [-0.15, -0.1) is 0 Å². The first-order valence-electron chi connectivity index (χ1n) is 8.23. The summed E-state index contributed by atoms with van der Waals surface area (Å²) in [4.78, 5) is 23.6. The summed E-state index contributed by atoms with van der Waals surface area (Å²) in [6, 6.07) is 11.6. The number of carbonyl (C=O) groups is 2. The second-order valence-electron chi connectivity index (χ2n) is 5.65. The van der Waals surface area contributed by atoms with Crippen LogP contribution in [0.5, 0.6) is 5.75 Å². The van der Waals surface area contributed by atoms with Crippen LogP contribution in [0.1, 0.15) is 20.8 Å². The molecular formula is C19H21BrN2O4. The van der Waals surface area contributed by atoms with E-state index in [4.69, 9.17) is 9.47 Å². The molecule has 0 heterocycles. The van der Waals surface area contributed by atoms with Crippen molar-refractivity contribution in [1.82, 2.24) is 5.43 Å². The molecule has 0 fully saturated rings. The van der Waals surface area contributed by atoms with Gasteiger partial charge in [0.1, 0.15) is 5.75 Å². The molecule has 0 saturated heterocycles. The summed E-state index contributed by atoms with van der Waals surface area (Å²) >= 11 is 3.51. The Kier molecular flexibility index (Phi) is 7.15. The maximum Gasteiger partial charge on any atom is 0.314 e. The van der Waals surface area contributed by atoms with Gasteiger partial charge in [0.05, 0.1) is 17.0 Å². The van der Waals surface area contributed by atoms with Gasteiger partial charge in [0.25, 0.3) is 5.91 Å². The van der Waals surface area contributed by atoms with Crippen LogP contribution in [-0.4, -0.2) is 30.8 Å². The average molecular weight is 421 g/mol. The minimum Gasteiger partial charge on any atom is -0.483 e. The number of benzene rings is 2. The minimum absolute atomic E-state index is 0.193. The maximum atomic E-state index is 11.9. The molecule has 1 amide bonds. The van der Waals surface area contributed by atoms with Crippen LogP contribution in [0.15, 0.2) is 46.0 Å². The second-order valence-corrected chi connectivity index (χ2v) is 6.44. The van der Waals surface area contributed by atoms with Gasteiger partial charge in [-0.3, -0.25) is 9.59 Å². The lowest BCUT2D eigenvalue weighted by molar-refractivity contribution is -0.145. The van der Waals surface area contributed by atoms with Gasteiger partial charge >= 0.3 is 5.97 Å². The van der Waals surface area contributed by atoms with Crippen molar-refractivity contribution in [1.29, 1.82) is 0 Å². The predicted octanol–water partition coefficient (Wildman–Crippen LogP) is 3.67. The third-order valence-corrected chi connectivity index (χ3v) is 4.63. The van der Waals surface area contributed by atoms with E-state index in [9.17, 15) is 9.59 Å². The topological polar surface area (TPSA) is 77.0 Å². The molecule has 6 nitrogen and oxygen atoms in total. The summed E-state index contributed by atoms with van der Waals surface area (Å²) in [5.41, 5.74) is 2.85. The van der Waals surface area contributed by atoms with E-state index in [1.807, 2.05) is 30.3 Å². The van der Waals surface area contributed by atoms with Crippen molar-refractivity contribution >= 4 is 44.3 Å². The van der Waals surface area contributed by atoms with Gasteiger partial charge < -0.3 is 9.47 Å². The van der Waals surface area contributed by atoms with Crippen LogP contribution < -0.4 is 10.2 Å². The molecular weight excluding hydrogens is 400 g/mol. The van der Waals surface area contributed by atoms with Crippen LogP contribution in [0.2, 0.25) is 0 Å². The lowest BCUT2D eigenvalue weighted by Crippen LogP contribution is -2.28. The first-order valence-corrected chi connectivity index (χ1v) is 9.03. The molecule has 1 N–H and O–H groups in total. The Bertz CT molecular complexity index is 835. The number of nitrogens with zero attached hydrogens (tertiary/aromatic N) is 1. The number of halogens is 1. The van der Waals surface area contributed by atoms with Crippen molar-refractivity contribution < 1.29 is 19.1 Å². The minimum atomic E-state index is -0.522. The second kappa shape index (κ2) is 9.33. The Labute approximate surface area is 160 Å². The average Bonchev–Trinajstić information content (AvgIpc) is 2.65. The van der Waals surface area contributed by atoms with Crippen molar-refractivity contribution in [2.24, 2.45) is 11.0 Å². The zero-order chi connectivity index (χ0) is 19.1. The number of amides is 1. The molecule has 0 bridgehead atoms. The highest BCUT2D eigenvalue weighted by molar-refractivity contribution is 9.10. The van der Waals surface area contributed by atoms with Crippen LogP contribution in [0.3, 0.4) is 0 Å². The third kappa shape index (κ3) is 5.05. The summed E-state index contributed by atoms with van der Waals surface area (Å²) < 4.78 is 11.3. The van der Waals surface area contributed by atoms with E-state index < -0.39 is 11.8 Å². The molecule has 26 heavy (non-hydrogen) atoms. The Morgan fingerprint density at radius 2 is 1.96 bits per heavy atom. The summed E-state index contributed by atoms with van der Waals surface area (Å²) in [6.07, 6.45) is 0. The van der Waals surface area contributed by atoms with Crippen molar-refractivity contribution in [2.75, 3.05) is 13.2 Å². The number of nitrogens with one attached hydrogen (secondary N) is 1. The first-order chi connectivity index (χ1) is 12.4. The summed E-state index contributed by atoms with van der Waals surface area (Å²) in [7, 11) is 0. The highest BCUT2D eigenvalue weighted by Crippen LogP contribution is 2.32. The van der Waals surface area contributed by atoms with Crippen molar-refractivity contribution in [3.8, 4) is 5.75 Å². The Morgan fingerprint density at radius 1 is 1.23 bits per heavy atom. The zero-order valence-electron chi connectivity index (χ0n) is 14.9. The monoisotopic (exact) mass is 420 g/mol. The highest BCUT2D eigenvalue weighted by atomic mass is 79.9. The van der Waals surface area contributed by atoms with Crippen LogP contribution in [0.25, 0.3) is 10.8 Å². The van der Waals surface area contributed by atoms with Gasteiger partial charge in [0.2, 0.25) is 0 Å². The van der Waals surface area contributed by atoms with Crippen molar-refractivity contribution in [3.63, 3.8) is 0 Å². The molecule has 0 aliphatic carbocycles. The summed E-state index contributed by atoms with van der Waals surface area (Å²) in [5, 5.41) is 6.01. The first kappa shape index (κ1) is 19.9. The molecule has 2 aromatic carbocycles. The number of hydrogen-bond acceptors (Lipinski definition) is 5. The SMILES string of the molecule is CCOC(=O)[C@H](C)/C(C)=N\NC(=O)COc1ccc2ccccc2c1Br. The molecule has 0 aliphatic rings. The number of hydrogen-bond donors (Lipinski definition) is 1. The van der Waals surface area contributed by atoms with Gasteiger partial charge in [-0.2, -0.15) is 5.10 Å². The van der Waals surface area contributed by atoms with E-state index in [0.717, 1.165) is 15.2 Å². The normalized spacial score (nSPS) is 12.5. The number of rotatable bonds is 7. The number of carbonyl (C=O) groups excluding carboxylic acids is 2. The highest BCUT2D eigenvalue weighted by Gasteiger charge is 2.17. The van der Waals surface area contributed by atoms with Gasteiger partial charge in [-0.1, -0.05) is 30.3 Å². The fraction of sp³-hybridized carbons (Fsp3) is 0.316. The molecule has 0 spiro atoms. The molecule has 0 aliphatic heterocycles. The molecule has 138 valence electrons. The van der Waals surface area contributed by atoms with E-state index in [1.54, 1.807) is 26.8 Å². The van der Waals surface area contributed by atoms with Crippen LogP contribution in [0.4, 0.5) is 0 Å².